The Morgan fingerprint density at radius 1 is 1.39 bits per heavy atom. The second-order valence-corrected chi connectivity index (χ2v) is 4.39. The van der Waals surface area contributed by atoms with E-state index in [1.807, 2.05) is 0 Å². The normalized spacial score (nSPS) is 10.7. The molecule has 0 atom stereocenters. The molecule has 1 aromatic carbocycles. The predicted molar refractivity (Wildman–Crippen MR) is 81.0 cm³/mol. The van der Waals surface area contributed by atoms with Crippen LogP contribution >= 0.6 is 0 Å². The van der Waals surface area contributed by atoms with Crippen molar-refractivity contribution in [1.29, 1.82) is 5.26 Å². The van der Waals surface area contributed by atoms with Gasteiger partial charge >= 0.3 is 0 Å². The van der Waals surface area contributed by atoms with Crippen LogP contribution in [0.2, 0.25) is 0 Å². The minimum Gasteiger partial charge on any atom is -0.467 e. The van der Waals surface area contributed by atoms with E-state index in [2.05, 4.69) is 10.6 Å². The van der Waals surface area contributed by atoms with Crippen molar-refractivity contribution < 1.29 is 14.1 Å². The third kappa shape index (κ3) is 4.44. The highest BCUT2D eigenvalue weighted by atomic mass is 16.6. The van der Waals surface area contributed by atoms with Gasteiger partial charge in [0.25, 0.3) is 11.6 Å². The Morgan fingerprint density at radius 3 is 2.87 bits per heavy atom. The number of anilines is 1. The molecule has 0 unspecified atom stereocenters. The second kappa shape index (κ2) is 7.42. The molecule has 0 saturated carbocycles. The van der Waals surface area contributed by atoms with Gasteiger partial charge in [-0.1, -0.05) is 6.07 Å². The number of non-ortho nitro benzene ring substituents is 1. The number of carbonyl (C=O) groups is 1. The molecule has 0 aliphatic rings. The minimum atomic E-state index is -0.667. The fourth-order valence-corrected chi connectivity index (χ4v) is 1.71. The van der Waals surface area contributed by atoms with Crippen LogP contribution in [-0.2, 0) is 11.3 Å². The van der Waals surface area contributed by atoms with Crippen LogP contribution in [-0.4, -0.2) is 10.8 Å². The van der Waals surface area contributed by atoms with Gasteiger partial charge in [0.05, 0.1) is 17.7 Å². The molecule has 2 N–H and O–H groups in total. The van der Waals surface area contributed by atoms with E-state index in [0.29, 0.717) is 12.3 Å². The van der Waals surface area contributed by atoms with Crippen LogP contribution in [0.4, 0.5) is 11.4 Å². The first-order valence-corrected chi connectivity index (χ1v) is 6.52. The average molecular weight is 312 g/mol. The van der Waals surface area contributed by atoms with E-state index in [1.54, 1.807) is 18.2 Å². The van der Waals surface area contributed by atoms with Crippen molar-refractivity contribution in [2.24, 2.45) is 0 Å². The SMILES string of the molecule is N#C/C(=C/NCc1ccco1)C(=O)Nc1cccc([N+](=O)[O-])c1. The van der Waals surface area contributed by atoms with Gasteiger partial charge < -0.3 is 15.1 Å². The van der Waals surface area contributed by atoms with Gasteiger partial charge in [-0.2, -0.15) is 5.26 Å². The number of nitriles is 1. The summed E-state index contributed by atoms with van der Waals surface area (Å²) in [7, 11) is 0. The molecule has 1 amide bonds. The fourth-order valence-electron chi connectivity index (χ4n) is 1.71. The summed E-state index contributed by atoms with van der Waals surface area (Å²) in [4.78, 5) is 22.1. The first-order chi connectivity index (χ1) is 11.1. The van der Waals surface area contributed by atoms with Crippen molar-refractivity contribution >= 4 is 17.3 Å². The summed E-state index contributed by atoms with van der Waals surface area (Å²) in [5.74, 6) is -0.0161. The number of rotatable bonds is 6. The molecule has 0 spiro atoms. The van der Waals surface area contributed by atoms with Crippen LogP contribution in [0.1, 0.15) is 5.76 Å². The zero-order valence-corrected chi connectivity index (χ0v) is 11.9. The molecule has 23 heavy (non-hydrogen) atoms. The van der Waals surface area contributed by atoms with Gasteiger partial charge in [-0.25, -0.2) is 0 Å². The van der Waals surface area contributed by atoms with Gasteiger partial charge in [-0.3, -0.25) is 14.9 Å². The molecule has 116 valence electrons. The Bertz CT molecular complexity index is 775. The Balaban J connectivity index is 2.01. The van der Waals surface area contributed by atoms with Gasteiger partial charge in [0, 0.05) is 24.0 Å². The fraction of sp³-hybridized carbons (Fsp3) is 0.0667. The van der Waals surface area contributed by atoms with E-state index >= 15 is 0 Å². The molecule has 2 aromatic rings. The smallest absolute Gasteiger partial charge is 0.271 e. The highest BCUT2D eigenvalue weighted by Gasteiger charge is 2.11. The maximum absolute atomic E-state index is 12.0. The lowest BCUT2D eigenvalue weighted by molar-refractivity contribution is -0.384. The van der Waals surface area contributed by atoms with Crippen molar-refractivity contribution in [2.75, 3.05) is 5.32 Å². The van der Waals surface area contributed by atoms with E-state index < -0.39 is 10.8 Å². The van der Waals surface area contributed by atoms with Gasteiger partial charge in [0.1, 0.15) is 17.4 Å². The summed E-state index contributed by atoms with van der Waals surface area (Å²) in [6, 6.07) is 10.7. The number of amides is 1. The molecule has 0 radical (unpaired) electrons. The van der Waals surface area contributed by atoms with Crippen molar-refractivity contribution in [3.8, 4) is 6.07 Å². The van der Waals surface area contributed by atoms with E-state index in [4.69, 9.17) is 9.68 Å². The molecule has 0 bridgehead atoms. The third-order valence-electron chi connectivity index (χ3n) is 2.78. The molecule has 8 nitrogen and oxygen atoms in total. The summed E-state index contributed by atoms with van der Waals surface area (Å²) < 4.78 is 5.10. The van der Waals surface area contributed by atoms with Gasteiger partial charge in [-0.05, 0) is 18.2 Å². The van der Waals surface area contributed by atoms with Crippen LogP contribution in [0.15, 0.2) is 58.9 Å². The lowest BCUT2D eigenvalue weighted by Gasteiger charge is -2.04. The van der Waals surface area contributed by atoms with Crippen LogP contribution in [0, 0.1) is 21.4 Å². The predicted octanol–water partition coefficient (Wildman–Crippen LogP) is 2.32. The number of carbonyl (C=O) groups excluding carboxylic acids is 1. The third-order valence-corrected chi connectivity index (χ3v) is 2.78. The number of nitrogens with zero attached hydrogens (tertiary/aromatic N) is 2. The maximum Gasteiger partial charge on any atom is 0.271 e. The summed E-state index contributed by atoms with van der Waals surface area (Å²) in [5.41, 5.74) is -0.0827. The number of nitro benzene ring substituents is 1. The van der Waals surface area contributed by atoms with E-state index in [1.165, 1.54) is 36.7 Å². The number of nitro groups is 1. The van der Waals surface area contributed by atoms with Crippen LogP contribution < -0.4 is 10.6 Å². The van der Waals surface area contributed by atoms with Crippen molar-refractivity contribution in [1.82, 2.24) is 5.32 Å². The Hall–Kier alpha value is -3.60. The largest absolute Gasteiger partial charge is 0.467 e. The highest BCUT2D eigenvalue weighted by Crippen LogP contribution is 2.17. The quantitative estimate of drug-likeness (QED) is 0.365. The molecule has 2 rings (SSSR count). The molecular formula is C15H12N4O4. The van der Waals surface area contributed by atoms with Crippen LogP contribution in [0.25, 0.3) is 0 Å². The number of hydrogen-bond acceptors (Lipinski definition) is 6. The molecular weight excluding hydrogens is 300 g/mol. The Labute approximate surface area is 131 Å². The summed E-state index contributed by atoms with van der Waals surface area (Å²) in [6.45, 7) is 0.322. The Morgan fingerprint density at radius 2 is 2.22 bits per heavy atom. The van der Waals surface area contributed by atoms with Crippen LogP contribution in [0.3, 0.4) is 0 Å². The highest BCUT2D eigenvalue weighted by molar-refractivity contribution is 6.06. The minimum absolute atomic E-state index is 0.152. The summed E-state index contributed by atoms with van der Waals surface area (Å²) in [5, 5.41) is 24.9. The standard InChI is InChI=1S/C15H12N4O4/c16-8-11(9-17-10-14-5-2-6-23-14)15(20)18-12-3-1-4-13(7-12)19(21)22/h1-7,9,17H,10H2,(H,18,20)/b11-9-. The number of furan rings is 1. The lowest BCUT2D eigenvalue weighted by Crippen LogP contribution is -2.16. The van der Waals surface area contributed by atoms with E-state index in [9.17, 15) is 14.9 Å². The van der Waals surface area contributed by atoms with E-state index in [0.717, 1.165) is 0 Å². The van der Waals surface area contributed by atoms with Crippen molar-refractivity contribution in [3.05, 3.63) is 70.3 Å². The van der Waals surface area contributed by atoms with Gasteiger partial charge in [-0.15, -0.1) is 0 Å². The molecule has 1 aromatic heterocycles. The molecule has 0 saturated heterocycles. The monoisotopic (exact) mass is 312 g/mol. The molecule has 1 heterocycles. The zero-order valence-electron chi connectivity index (χ0n) is 11.9. The second-order valence-electron chi connectivity index (χ2n) is 4.39. The topological polar surface area (TPSA) is 121 Å². The van der Waals surface area contributed by atoms with Crippen molar-refractivity contribution in [3.63, 3.8) is 0 Å². The first-order valence-electron chi connectivity index (χ1n) is 6.52. The summed E-state index contributed by atoms with van der Waals surface area (Å²) in [6.07, 6.45) is 2.77. The van der Waals surface area contributed by atoms with Gasteiger partial charge in [0.2, 0.25) is 0 Å². The summed E-state index contributed by atoms with van der Waals surface area (Å²) >= 11 is 0. The molecule has 8 heteroatoms. The van der Waals surface area contributed by atoms with E-state index in [-0.39, 0.29) is 16.9 Å². The number of benzene rings is 1. The first kappa shape index (κ1) is 15.8. The maximum atomic E-state index is 12.0. The molecule has 0 aliphatic heterocycles. The lowest BCUT2D eigenvalue weighted by atomic mass is 10.2. The molecule has 0 aliphatic carbocycles. The molecule has 0 fully saturated rings. The van der Waals surface area contributed by atoms with Crippen LogP contribution in [0.5, 0.6) is 0 Å². The number of hydrogen-bond donors (Lipinski definition) is 2. The average Bonchev–Trinajstić information content (AvgIpc) is 3.05. The number of nitrogens with one attached hydrogen (secondary N) is 2. The Kier molecular flexibility index (Phi) is 5.09. The van der Waals surface area contributed by atoms with Gasteiger partial charge in [0.15, 0.2) is 0 Å². The zero-order chi connectivity index (χ0) is 16.7. The van der Waals surface area contributed by atoms with Crippen molar-refractivity contribution in [2.45, 2.75) is 6.54 Å².